The first-order chi connectivity index (χ1) is 9.82. The number of rotatable bonds is 3. The lowest BCUT2D eigenvalue weighted by Crippen LogP contribution is -2.56. The number of nitrogens with zero attached hydrogens (tertiary/aromatic N) is 2. The molecule has 2 N–H and O–H groups in total. The van der Waals surface area contributed by atoms with E-state index in [4.69, 9.17) is 5.73 Å². The van der Waals surface area contributed by atoms with E-state index in [1.165, 1.54) is 45.4 Å². The number of piperazine rings is 1. The summed E-state index contributed by atoms with van der Waals surface area (Å²) in [6.07, 6.45) is 4.05. The van der Waals surface area contributed by atoms with Gasteiger partial charge in [-0.15, -0.1) is 0 Å². The molecule has 0 aromatic heterocycles. The standard InChI is InChI=1S/C18H37N3/c1-14(2)20-8-10-21(11-9-20)17-12-16(18(3,4)5)7-6-15(17)13-19/h14-17H,6-13,19H2,1-5H3. The van der Waals surface area contributed by atoms with Gasteiger partial charge in [-0.05, 0) is 56.9 Å². The summed E-state index contributed by atoms with van der Waals surface area (Å²) in [5, 5.41) is 0. The van der Waals surface area contributed by atoms with Gasteiger partial charge in [0.15, 0.2) is 0 Å². The van der Waals surface area contributed by atoms with Crippen molar-refractivity contribution in [1.82, 2.24) is 9.80 Å². The van der Waals surface area contributed by atoms with Crippen molar-refractivity contribution < 1.29 is 0 Å². The van der Waals surface area contributed by atoms with E-state index in [9.17, 15) is 0 Å². The monoisotopic (exact) mass is 295 g/mol. The molecule has 2 rings (SSSR count). The van der Waals surface area contributed by atoms with E-state index in [1.54, 1.807) is 0 Å². The molecule has 3 heteroatoms. The Balaban J connectivity index is 1.98. The van der Waals surface area contributed by atoms with Crippen molar-refractivity contribution in [3.63, 3.8) is 0 Å². The Kier molecular flexibility index (Phi) is 5.72. The average molecular weight is 296 g/mol. The number of nitrogens with two attached hydrogens (primary N) is 1. The molecular weight excluding hydrogens is 258 g/mol. The van der Waals surface area contributed by atoms with Crippen LogP contribution in [0.25, 0.3) is 0 Å². The zero-order chi connectivity index (χ0) is 15.6. The Morgan fingerprint density at radius 3 is 2.14 bits per heavy atom. The Hall–Kier alpha value is -0.120. The third-order valence-corrected chi connectivity index (χ3v) is 6.03. The Morgan fingerprint density at radius 2 is 1.67 bits per heavy atom. The molecular formula is C18H37N3. The highest BCUT2D eigenvalue weighted by atomic mass is 15.3. The molecule has 0 amide bonds. The molecule has 21 heavy (non-hydrogen) atoms. The molecule has 1 saturated carbocycles. The summed E-state index contributed by atoms with van der Waals surface area (Å²) in [6, 6.07) is 1.41. The summed E-state index contributed by atoms with van der Waals surface area (Å²) in [7, 11) is 0. The zero-order valence-electron chi connectivity index (χ0n) is 14.9. The van der Waals surface area contributed by atoms with Gasteiger partial charge in [0.25, 0.3) is 0 Å². The topological polar surface area (TPSA) is 32.5 Å². The molecule has 3 unspecified atom stereocenters. The summed E-state index contributed by atoms with van der Waals surface area (Å²) >= 11 is 0. The first kappa shape index (κ1) is 17.2. The van der Waals surface area contributed by atoms with Crippen molar-refractivity contribution in [2.75, 3.05) is 32.7 Å². The van der Waals surface area contributed by atoms with Gasteiger partial charge < -0.3 is 5.73 Å². The minimum Gasteiger partial charge on any atom is -0.330 e. The second kappa shape index (κ2) is 6.97. The van der Waals surface area contributed by atoms with Crippen LogP contribution >= 0.6 is 0 Å². The molecule has 2 fully saturated rings. The van der Waals surface area contributed by atoms with Crippen LogP contribution in [0.15, 0.2) is 0 Å². The lowest BCUT2D eigenvalue weighted by molar-refractivity contribution is 0.00986. The molecule has 0 radical (unpaired) electrons. The Labute approximate surface area is 132 Å². The van der Waals surface area contributed by atoms with E-state index in [-0.39, 0.29) is 0 Å². The van der Waals surface area contributed by atoms with Crippen molar-refractivity contribution in [1.29, 1.82) is 0 Å². The molecule has 3 atom stereocenters. The Morgan fingerprint density at radius 1 is 1.05 bits per heavy atom. The largest absolute Gasteiger partial charge is 0.330 e. The molecule has 1 heterocycles. The normalized spacial score (nSPS) is 33.6. The summed E-state index contributed by atoms with van der Waals surface area (Å²) in [5.41, 5.74) is 6.54. The summed E-state index contributed by atoms with van der Waals surface area (Å²) < 4.78 is 0. The van der Waals surface area contributed by atoms with Gasteiger partial charge in [0.2, 0.25) is 0 Å². The third kappa shape index (κ3) is 4.20. The van der Waals surface area contributed by atoms with Crippen molar-refractivity contribution in [3.8, 4) is 0 Å². The van der Waals surface area contributed by atoms with E-state index >= 15 is 0 Å². The number of hydrogen-bond acceptors (Lipinski definition) is 3. The minimum atomic E-state index is 0.442. The van der Waals surface area contributed by atoms with Gasteiger partial charge in [-0.3, -0.25) is 9.80 Å². The molecule has 1 aliphatic heterocycles. The highest BCUT2D eigenvalue weighted by Crippen LogP contribution is 2.41. The first-order valence-electron chi connectivity index (χ1n) is 9.01. The van der Waals surface area contributed by atoms with Crippen LogP contribution in [0.1, 0.15) is 53.9 Å². The van der Waals surface area contributed by atoms with E-state index in [0.29, 0.717) is 17.4 Å². The maximum Gasteiger partial charge on any atom is 0.0139 e. The highest BCUT2D eigenvalue weighted by molar-refractivity contribution is 4.92. The van der Waals surface area contributed by atoms with Crippen LogP contribution in [-0.4, -0.2) is 54.6 Å². The molecule has 0 aromatic carbocycles. The first-order valence-corrected chi connectivity index (χ1v) is 9.01. The summed E-state index contributed by atoms with van der Waals surface area (Å²) in [6.45, 7) is 17.6. The molecule has 2 aliphatic rings. The molecule has 1 saturated heterocycles. The van der Waals surface area contributed by atoms with Crippen molar-refractivity contribution in [3.05, 3.63) is 0 Å². The van der Waals surface area contributed by atoms with E-state index in [0.717, 1.165) is 18.5 Å². The van der Waals surface area contributed by atoms with Gasteiger partial charge in [0, 0.05) is 38.3 Å². The molecule has 0 aromatic rings. The van der Waals surface area contributed by atoms with Crippen molar-refractivity contribution in [2.45, 2.75) is 66.0 Å². The van der Waals surface area contributed by atoms with Gasteiger partial charge in [-0.1, -0.05) is 20.8 Å². The predicted molar refractivity (Wildman–Crippen MR) is 91.4 cm³/mol. The average Bonchev–Trinajstić information content (AvgIpc) is 2.45. The van der Waals surface area contributed by atoms with E-state index in [2.05, 4.69) is 44.4 Å². The molecule has 0 bridgehead atoms. The van der Waals surface area contributed by atoms with Gasteiger partial charge in [0.1, 0.15) is 0 Å². The molecule has 124 valence electrons. The van der Waals surface area contributed by atoms with Crippen LogP contribution in [-0.2, 0) is 0 Å². The van der Waals surface area contributed by atoms with Crippen LogP contribution in [0.5, 0.6) is 0 Å². The molecule has 1 aliphatic carbocycles. The molecule has 0 spiro atoms. The van der Waals surface area contributed by atoms with Crippen LogP contribution in [0.4, 0.5) is 0 Å². The van der Waals surface area contributed by atoms with Crippen LogP contribution in [0.3, 0.4) is 0 Å². The highest BCUT2D eigenvalue weighted by Gasteiger charge is 2.38. The smallest absolute Gasteiger partial charge is 0.0139 e. The fourth-order valence-corrected chi connectivity index (χ4v) is 4.30. The van der Waals surface area contributed by atoms with Gasteiger partial charge >= 0.3 is 0 Å². The maximum atomic E-state index is 6.09. The van der Waals surface area contributed by atoms with Crippen LogP contribution in [0.2, 0.25) is 0 Å². The quantitative estimate of drug-likeness (QED) is 0.869. The minimum absolute atomic E-state index is 0.442. The molecule has 3 nitrogen and oxygen atoms in total. The van der Waals surface area contributed by atoms with E-state index in [1.807, 2.05) is 0 Å². The fraction of sp³-hybridized carbons (Fsp3) is 1.00. The fourth-order valence-electron chi connectivity index (χ4n) is 4.30. The van der Waals surface area contributed by atoms with Gasteiger partial charge in [0.05, 0.1) is 0 Å². The lowest BCUT2D eigenvalue weighted by Gasteiger charge is -2.48. The van der Waals surface area contributed by atoms with Crippen LogP contribution in [0, 0.1) is 17.3 Å². The summed E-state index contributed by atoms with van der Waals surface area (Å²) in [4.78, 5) is 5.37. The third-order valence-electron chi connectivity index (χ3n) is 6.03. The van der Waals surface area contributed by atoms with Crippen molar-refractivity contribution in [2.24, 2.45) is 23.0 Å². The van der Waals surface area contributed by atoms with Crippen molar-refractivity contribution >= 4 is 0 Å². The SMILES string of the molecule is CC(C)N1CCN(C2CC(C(C)(C)C)CCC2CN)CC1. The maximum absolute atomic E-state index is 6.09. The lowest BCUT2D eigenvalue weighted by atomic mass is 9.67. The van der Waals surface area contributed by atoms with Gasteiger partial charge in [-0.2, -0.15) is 0 Å². The summed E-state index contributed by atoms with van der Waals surface area (Å²) in [5.74, 6) is 1.57. The second-order valence-electron chi connectivity index (χ2n) is 8.60. The zero-order valence-corrected chi connectivity index (χ0v) is 14.9. The second-order valence-corrected chi connectivity index (χ2v) is 8.60. The number of hydrogen-bond donors (Lipinski definition) is 1. The van der Waals surface area contributed by atoms with Gasteiger partial charge in [-0.25, -0.2) is 0 Å². The van der Waals surface area contributed by atoms with E-state index < -0.39 is 0 Å². The Bertz CT molecular complexity index is 313. The van der Waals surface area contributed by atoms with Crippen LogP contribution < -0.4 is 5.73 Å². The predicted octanol–water partition coefficient (Wildman–Crippen LogP) is 2.80.